The molecule has 5 rings (SSSR count). The number of methoxy groups -OCH3 is 1. The van der Waals surface area contributed by atoms with Gasteiger partial charge in [-0.3, -0.25) is 13.6 Å². The number of thiol groups is 1. The predicted molar refractivity (Wildman–Crippen MR) is 154 cm³/mol. The molecule has 1 amide bonds. The number of halogens is 2. The van der Waals surface area contributed by atoms with Gasteiger partial charge in [0, 0.05) is 48.2 Å². The van der Waals surface area contributed by atoms with Crippen LogP contribution in [0.15, 0.2) is 58.2 Å². The number of nitrogens with zero attached hydrogens (tertiary/aromatic N) is 4. The summed E-state index contributed by atoms with van der Waals surface area (Å²) in [5, 5.41) is 18.7. The number of β-amino-alcohol motifs (C(OH)–C–C–N with tert-alkyl or cyclic N) is 1. The maximum absolute atomic E-state index is 14.8. The Bertz CT molecular complexity index is 1600. The molecule has 1 fully saturated rings. The average molecular weight is 584 g/mol. The van der Waals surface area contributed by atoms with Gasteiger partial charge in [0.05, 0.1) is 31.1 Å². The highest BCUT2D eigenvalue weighted by Crippen LogP contribution is 2.31. The van der Waals surface area contributed by atoms with Crippen molar-refractivity contribution in [2.24, 2.45) is 4.36 Å². The molecule has 1 saturated heterocycles. The largest absolute Gasteiger partial charge is 0.494 e. The lowest BCUT2D eigenvalue weighted by atomic mass is 10.1. The van der Waals surface area contributed by atoms with Gasteiger partial charge in [-0.25, -0.2) is 14.4 Å². The molecule has 2 atom stereocenters. The molecule has 0 radical (unpaired) electrons. The van der Waals surface area contributed by atoms with Gasteiger partial charge < -0.3 is 25.8 Å². The summed E-state index contributed by atoms with van der Waals surface area (Å²) in [6.07, 6.45) is 5.38. The number of anilines is 2. The van der Waals surface area contributed by atoms with Crippen LogP contribution in [-0.2, 0) is 16.4 Å². The molecule has 1 aliphatic rings. The van der Waals surface area contributed by atoms with E-state index in [4.69, 9.17) is 4.74 Å². The van der Waals surface area contributed by atoms with E-state index in [2.05, 4.69) is 30.3 Å². The normalized spacial score (nSPS) is 17.1. The van der Waals surface area contributed by atoms with Gasteiger partial charge in [0.25, 0.3) is 0 Å². The molecule has 4 N–H and O–H groups in total. The Morgan fingerprint density at radius 1 is 1.27 bits per heavy atom. The van der Waals surface area contributed by atoms with E-state index in [0.717, 1.165) is 34.1 Å². The van der Waals surface area contributed by atoms with E-state index in [-0.39, 0.29) is 23.3 Å². The van der Waals surface area contributed by atoms with Crippen LogP contribution in [0.1, 0.15) is 18.4 Å². The molecule has 0 saturated carbocycles. The number of hydrogen-bond acceptors (Lipinski definition) is 8. The molecule has 10 nitrogen and oxygen atoms in total. The number of carbonyl (C=O) groups excluding carboxylic acids is 1. The molecule has 13 heteroatoms. The van der Waals surface area contributed by atoms with Crippen molar-refractivity contribution in [3.05, 3.63) is 66.1 Å². The van der Waals surface area contributed by atoms with Crippen LogP contribution in [-0.4, -0.2) is 64.3 Å². The summed E-state index contributed by atoms with van der Waals surface area (Å²) in [6, 6.07) is 8.39. The fourth-order valence-electron chi connectivity index (χ4n) is 4.60. The zero-order valence-corrected chi connectivity index (χ0v) is 23.5. The van der Waals surface area contributed by atoms with E-state index in [0.29, 0.717) is 43.2 Å². The Morgan fingerprint density at radius 3 is 2.88 bits per heavy atom. The summed E-state index contributed by atoms with van der Waals surface area (Å²) < 4.78 is 40.2. The summed E-state index contributed by atoms with van der Waals surface area (Å²) in [7, 11) is 1.28. The van der Waals surface area contributed by atoms with Crippen molar-refractivity contribution in [3.8, 4) is 17.0 Å². The molecule has 41 heavy (non-hydrogen) atoms. The molecular weight excluding hydrogens is 552 g/mol. The summed E-state index contributed by atoms with van der Waals surface area (Å²) >= 11 is 0.831. The van der Waals surface area contributed by atoms with Gasteiger partial charge in [-0.05, 0) is 55.7 Å². The van der Waals surface area contributed by atoms with Crippen molar-refractivity contribution in [3.63, 3.8) is 0 Å². The minimum absolute atomic E-state index is 0.0592. The molecule has 0 spiro atoms. The van der Waals surface area contributed by atoms with E-state index in [1.165, 1.54) is 25.4 Å². The van der Waals surface area contributed by atoms with Crippen molar-refractivity contribution in [2.45, 2.75) is 36.8 Å². The Balaban J connectivity index is 1.21. The van der Waals surface area contributed by atoms with Crippen LogP contribution >= 0.6 is 0 Å². The van der Waals surface area contributed by atoms with Crippen LogP contribution in [0.3, 0.4) is 0 Å². The lowest BCUT2D eigenvalue weighted by Crippen LogP contribution is -2.40. The highest BCUT2D eigenvalue weighted by atomic mass is 32.1. The Morgan fingerprint density at radius 2 is 2.12 bits per heavy atom. The van der Waals surface area contributed by atoms with Crippen molar-refractivity contribution < 1.29 is 23.4 Å². The second-order valence-electron chi connectivity index (χ2n) is 9.64. The first-order valence-electron chi connectivity index (χ1n) is 13.1. The number of aromatic nitrogens is 3. The molecule has 3 heterocycles. The summed E-state index contributed by atoms with van der Waals surface area (Å²) in [5.74, 6) is -1.86. The second-order valence-corrected chi connectivity index (χ2v) is 10.6. The first-order valence-corrected chi connectivity index (χ1v) is 14.0. The Hall–Kier alpha value is -3.94. The van der Waals surface area contributed by atoms with E-state index < -0.39 is 17.7 Å². The van der Waals surface area contributed by atoms with Crippen molar-refractivity contribution in [1.29, 1.82) is 0 Å². The lowest BCUT2D eigenvalue weighted by Gasteiger charge is -2.11. The average Bonchev–Trinajstić information content (AvgIpc) is 3.60. The Labute approximate surface area is 239 Å². The van der Waals surface area contributed by atoms with E-state index in [9.17, 15) is 18.7 Å². The van der Waals surface area contributed by atoms with E-state index in [1.807, 2.05) is 25.1 Å². The van der Waals surface area contributed by atoms with Gasteiger partial charge in [0.15, 0.2) is 23.0 Å². The molecule has 0 aliphatic carbocycles. The van der Waals surface area contributed by atoms with Crippen LogP contribution in [0, 0.1) is 18.6 Å². The predicted octanol–water partition coefficient (Wildman–Crippen LogP) is 3.32. The van der Waals surface area contributed by atoms with Gasteiger partial charge in [0.1, 0.15) is 0 Å². The minimum atomic E-state index is -1.06. The number of aliphatic hydroxyl groups is 1. The number of carbonyl (C=O) groups is 1. The monoisotopic (exact) mass is 583 g/mol. The van der Waals surface area contributed by atoms with E-state index >= 15 is 0 Å². The third-order valence-electron chi connectivity index (χ3n) is 6.77. The molecule has 1 aliphatic heterocycles. The fraction of sp³-hybridized carbons (Fsp3) is 0.321. The van der Waals surface area contributed by atoms with Crippen LogP contribution in [0.5, 0.6) is 5.75 Å². The molecular formula is C28H31F2N7O3S. The quantitative estimate of drug-likeness (QED) is 0.143. The number of hydrogen-bond donors (Lipinski definition) is 5. The van der Waals surface area contributed by atoms with E-state index in [1.54, 1.807) is 16.8 Å². The topological polar surface area (TPSA) is 125 Å². The highest BCUT2D eigenvalue weighted by Gasteiger charge is 2.27. The summed E-state index contributed by atoms with van der Waals surface area (Å²) in [6.45, 7) is 3.58. The molecule has 216 valence electrons. The van der Waals surface area contributed by atoms with Crippen molar-refractivity contribution in [2.75, 3.05) is 32.1 Å². The Kier molecular flexibility index (Phi) is 8.86. The third-order valence-corrected chi connectivity index (χ3v) is 7.83. The maximum Gasteiger partial charge on any atom is 0.237 e. The molecule has 4 aromatic rings. The number of aryl methyl sites for hydroxylation is 1. The molecule has 2 aromatic heterocycles. The molecule has 0 unspecified atom stereocenters. The zero-order valence-electron chi connectivity index (χ0n) is 22.6. The zero-order chi connectivity index (χ0) is 28.9. The lowest BCUT2D eigenvalue weighted by molar-refractivity contribution is -0.122. The SMILES string of the molecule is COc1ccc(-c2cnc3c(Nc4ccc(/[SH]=N/CCCNC(=O)[C@@H]5C[C@@H](O)CN5)c(C)c4)nccn23)c(F)c1F. The number of ether oxygens (including phenoxy) is 1. The first kappa shape index (κ1) is 28.6. The van der Waals surface area contributed by atoms with Crippen LogP contribution in [0.25, 0.3) is 16.9 Å². The number of fused-ring (bicyclic) bond motifs is 1. The summed E-state index contributed by atoms with van der Waals surface area (Å²) in [4.78, 5) is 21.9. The summed E-state index contributed by atoms with van der Waals surface area (Å²) in [5.41, 5.74) is 2.72. The van der Waals surface area contributed by atoms with Gasteiger partial charge >= 0.3 is 0 Å². The molecule has 2 aromatic carbocycles. The van der Waals surface area contributed by atoms with Crippen LogP contribution in [0.2, 0.25) is 0 Å². The maximum atomic E-state index is 14.8. The number of amides is 1. The molecule has 0 bridgehead atoms. The van der Waals surface area contributed by atoms with Gasteiger partial charge in [0.2, 0.25) is 11.7 Å². The smallest absolute Gasteiger partial charge is 0.237 e. The first-order chi connectivity index (χ1) is 19.9. The third kappa shape index (κ3) is 6.37. The number of rotatable bonds is 10. The van der Waals surface area contributed by atoms with Crippen molar-refractivity contribution in [1.82, 2.24) is 25.0 Å². The highest BCUT2D eigenvalue weighted by molar-refractivity contribution is 7.68. The second kappa shape index (κ2) is 12.7. The van der Waals surface area contributed by atoms with Crippen LogP contribution < -0.4 is 20.7 Å². The number of aliphatic hydroxyl groups excluding tert-OH is 1. The van der Waals surface area contributed by atoms with Gasteiger partial charge in [-0.1, -0.05) is 11.6 Å². The van der Waals surface area contributed by atoms with Gasteiger partial charge in [-0.2, -0.15) is 4.39 Å². The standard InChI is InChI=1S/C28H31F2N7O3S/c1-16-12-17(4-7-23(16)41-35-9-3-8-32-28(39)20-13-18(38)14-33-20)36-26-27-34-15-21(37(27)11-10-31-26)19-5-6-22(40-2)25(30)24(19)29/h4-7,10-12,15,18,20,33,38,41H,3,8-9,13-14H2,1-2H3,(H,31,36)(H,32,39)/t18-,20+/m1/s1. The van der Waals surface area contributed by atoms with Crippen LogP contribution in [0.4, 0.5) is 20.3 Å². The number of nitrogens with one attached hydrogen (secondary N) is 3. The minimum Gasteiger partial charge on any atom is -0.494 e. The van der Waals surface area contributed by atoms with Gasteiger partial charge in [-0.15, -0.1) is 0 Å². The fourth-order valence-corrected chi connectivity index (χ4v) is 5.36. The van der Waals surface area contributed by atoms with Crippen molar-refractivity contribution >= 4 is 34.6 Å². The number of benzene rings is 2. The number of imidazole rings is 1.